The Balaban J connectivity index is 2.02. The van der Waals surface area contributed by atoms with Crippen molar-refractivity contribution in [3.63, 3.8) is 0 Å². The largest absolute Gasteiger partial charge is 0.382 e. The summed E-state index contributed by atoms with van der Waals surface area (Å²) in [7, 11) is 2.15. The predicted octanol–water partition coefficient (Wildman–Crippen LogP) is 4.26. The van der Waals surface area contributed by atoms with Gasteiger partial charge in [0.1, 0.15) is 0 Å². The quantitative estimate of drug-likeness (QED) is 0.789. The zero-order valence-corrected chi connectivity index (χ0v) is 14.9. The molecule has 3 heteroatoms. The molecule has 0 aliphatic carbocycles. The van der Waals surface area contributed by atoms with E-state index in [9.17, 15) is 0 Å². The molecular weight excluding hydrogens is 282 g/mol. The summed E-state index contributed by atoms with van der Waals surface area (Å²) in [5, 5.41) is 4.57. The van der Waals surface area contributed by atoms with Gasteiger partial charge in [0.15, 0.2) is 0 Å². The van der Waals surface area contributed by atoms with Crippen LogP contribution in [0.2, 0.25) is 0 Å². The molecule has 0 unspecified atom stereocenters. The Morgan fingerprint density at radius 1 is 1.22 bits per heavy atom. The maximum atomic E-state index is 4.73. The van der Waals surface area contributed by atoms with Gasteiger partial charge in [-0.3, -0.25) is 0 Å². The number of benzene rings is 1. The summed E-state index contributed by atoms with van der Waals surface area (Å²) in [6.07, 6.45) is 1.18. The first kappa shape index (κ1) is 17.5. The van der Waals surface area contributed by atoms with Crippen LogP contribution in [0.15, 0.2) is 36.9 Å². The van der Waals surface area contributed by atoms with E-state index in [1.54, 1.807) is 0 Å². The second kappa shape index (κ2) is 8.11. The lowest BCUT2D eigenvalue weighted by molar-refractivity contribution is 0.338. The highest BCUT2D eigenvalue weighted by Gasteiger charge is 2.05. The SMILES string of the molecule is C=C(NCCN(C)CCC)c1ccc2cc(C(C)C)ccc2n1. The van der Waals surface area contributed by atoms with Gasteiger partial charge in [-0.25, -0.2) is 4.98 Å². The summed E-state index contributed by atoms with van der Waals surface area (Å²) in [6, 6.07) is 10.7. The minimum Gasteiger partial charge on any atom is -0.382 e. The minimum atomic E-state index is 0.538. The van der Waals surface area contributed by atoms with Crippen LogP contribution in [-0.4, -0.2) is 36.6 Å². The van der Waals surface area contributed by atoms with Gasteiger partial charge in [-0.05, 0) is 49.7 Å². The molecule has 0 amide bonds. The van der Waals surface area contributed by atoms with Crippen LogP contribution in [0.1, 0.15) is 44.4 Å². The van der Waals surface area contributed by atoms with E-state index in [4.69, 9.17) is 4.98 Å². The molecule has 124 valence electrons. The molecule has 0 spiro atoms. The summed E-state index contributed by atoms with van der Waals surface area (Å²) >= 11 is 0. The molecule has 3 nitrogen and oxygen atoms in total. The number of likely N-dealkylation sites (N-methyl/N-ethyl adjacent to an activating group) is 1. The number of aromatic nitrogens is 1. The normalized spacial score (nSPS) is 11.4. The maximum Gasteiger partial charge on any atom is 0.0862 e. The van der Waals surface area contributed by atoms with Crippen molar-refractivity contribution in [3.05, 3.63) is 48.2 Å². The first-order valence-electron chi connectivity index (χ1n) is 8.53. The average Bonchev–Trinajstić information content (AvgIpc) is 2.53. The fourth-order valence-electron chi connectivity index (χ4n) is 2.65. The molecule has 2 aromatic rings. The van der Waals surface area contributed by atoms with Crippen molar-refractivity contribution in [1.29, 1.82) is 0 Å². The molecule has 23 heavy (non-hydrogen) atoms. The van der Waals surface area contributed by atoms with E-state index in [1.165, 1.54) is 17.4 Å². The number of fused-ring (bicyclic) bond motifs is 1. The Hall–Kier alpha value is -1.87. The summed E-state index contributed by atoms with van der Waals surface area (Å²) in [4.78, 5) is 7.06. The zero-order chi connectivity index (χ0) is 16.8. The Labute approximate surface area is 140 Å². The third-order valence-electron chi connectivity index (χ3n) is 4.13. The zero-order valence-electron chi connectivity index (χ0n) is 14.9. The number of nitrogens with zero attached hydrogens (tertiary/aromatic N) is 2. The summed E-state index contributed by atoms with van der Waals surface area (Å²) in [5.41, 5.74) is 4.19. The predicted molar refractivity (Wildman–Crippen MR) is 101 cm³/mol. The topological polar surface area (TPSA) is 28.2 Å². The van der Waals surface area contributed by atoms with E-state index in [2.05, 4.69) is 74.9 Å². The molecule has 0 radical (unpaired) electrons. The van der Waals surface area contributed by atoms with Crippen molar-refractivity contribution in [2.24, 2.45) is 0 Å². The van der Waals surface area contributed by atoms with Gasteiger partial charge >= 0.3 is 0 Å². The van der Waals surface area contributed by atoms with Crippen molar-refractivity contribution >= 4 is 16.6 Å². The number of rotatable bonds is 8. The molecular formula is C20H29N3. The molecule has 1 heterocycles. The molecule has 1 aromatic heterocycles. The smallest absolute Gasteiger partial charge is 0.0862 e. The number of pyridine rings is 1. The van der Waals surface area contributed by atoms with Gasteiger partial charge in [0.25, 0.3) is 0 Å². The lowest BCUT2D eigenvalue weighted by Crippen LogP contribution is -2.29. The van der Waals surface area contributed by atoms with E-state index >= 15 is 0 Å². The van der Waals surface area contributed by atoms with Crippen LogP contribution in [0.3, 0.4) is 0 Å². The summed E-state index contributed by atoms with van der Waals surface area (Å²) in [5.74, 6) is 0.538. The fraction of sp³-hybridized carbons (Fsp3) is 0.450. The van der Waals surface area contributed by atoms with Crippen molar-refractivity contribution in [3.8, 4) is 0 Å². The molecule has 0 atom stereocenters. The van der Waals surface area contributed by atoms with Gasteiger partial charge in [-0.2, -0.15) is 0 Å². The molecule has 0 aliphatic rings. The van der Waals surface area contributed by atoms with E-state index < -0.39 is 0 Å². The fourth-order valence-corrected chi connectivity index (χ4v) is 2.65. The third kappa shape index (κ3) is 4.80. The molecule has 0 fully saturated rings. The van der Waals surface area contributed by atoms with E-state index in [0.717, 1.165) is 36.5 Å². The van der Waals surface area contributed by atoms with Crippen LogP contribution in [0, 0.1) is 0 Å². The number of hydrogen-bond donors (Lipinski definition) is 1. The van der Waals surface area contributed by atoms with Crippen LogP contribution in [0.5, 0.6) is 0 Å². The standard InChI is InChI=1S/C20H29N3/c1-6-12-23(5)13-11-21-16(4)19-9-8-18-14-17(15(2)3)7-10-20(18)22-19/h7-10,14-15,21H,4,6,11-13H2,1-3,5H3. The summed E-state index contributed by atoms with van der Waals surface area (Å²) < 4.78 is 0. The van der Waals surface area contributed by atoms with Crippen LogP contribution < -0.4 is 5.32 Å². The van der Waals surface area contributed by atoms with Gasteiger partial charge in [-0.15, -0.1) is 0 Å². The summed E-state index contributed by atoms with van der Waals surface area (Å²) in [6.45, 7) is 13.8. The molecule has 0 aliphatic heterocycles. The van der Waals surface area contributed by atoms with E-state index in [1.807, 2.05) is 0 Å². The van der Waals surface area contributed by atoms with E-state index in [-0.39, 0.29) is 0 Å². The van der Waals surface area contributed by atoms with E-state index in [0.29, 0.717) is 5.92 Å². The Morgan fingerprint density at radius 3 is 2.70 bits per heavy atom. The number of nitrogens with one attached hydrogen (secondary N) is 1. The van der Waals surface area contributed by atoms with Crippen LogP contribution >= 0.6 is 0 Å². The van der Waals surface area contributed by atoms with Crippen molar-refractivity contribution in [2.75, 3.05) is 26.7 Å². The van der Waals surface area contributed by atoms with Gasteiger partial charge < -0.3 is 10.2 Å². The third-order valence-corrected chi connectivity index (χ3v) is 4.13. The van der Waals surface area contributed by atoms with Gasteiger partial charge in [0, 0.05) is 18.5 Å². The Morgan fingerprint density at radius 2 is 2.00 bits per heavy atom. The second-order valence-corrected chi connectivity index (χ2v) is 6.51. The Kier molecular flexibility index (Phi) is 6.17. The lowest BCUT2D eigenvalue weighted by Gasteiger charge is -2.17. The molecule has 0 bridgehead atoms. The van der Waals surface area contributed by atoms with Crippen LogP contribution in [0.25, 0.3) is 16.6 Å². The molecule has 0 saturated carbocycles. The maximum absolute atomic E-state index is 4.73. The van der Waals surface area contributed by atoms with Gasteiger partial charge in [0.05, 0.1) is 16.9 Å². The first-order chi connectivity index (χ1) is 11.0. The van der Waals surface area contributed by atoms with Gasteiger partial charge in [0.2, 0.25) is 0 Å². The molecule has 1 aromatic carbocycles. The molecule has 0 saturated heterocycles. The van der Waals surface area contributed by atoms with Crippen molar-refractivity contribution in [1.82, 2.24) is 15.2 Å². The van der Waals surface area contributed by atoms with Crippen LogP contribution in [0.4, 0.5) is 0 Å². The van der Waals surface area contributed by atoms with Crippen molar-refractivity contribution < 1.29 is 0 Å². The van der Waals surface area contributed by atoms with Crippen molar-refractivity contribution in [2.45, 2.75) is 33.1 Å². The molecule has 2 rings (SSSR count). The second-order valence-electron chi connectivity index (χ2n) is 6.51. The first-order valence-corrected chi connectivity index (χ1v) is 8.53. The molecule has 1 N–H and O–H groups in total. The lowest BCUT2D eigenvalue weighted by atomic mass is 10.0. The van der Waals surface area contributed by atoms with Crippen LogP contribution in [-0.2, 0) is 0 Å². The monoisotopic (exact) mass is 311 g/mol. The minimum absolute atomic E-state index is 0.538. The highest BCUT2D eigenvalue weighted by atomic mass is 15.1. The average molecular weight is 311 g/mol. The van der Waals surface area contributed by atoms with Gasteiger partial charge in [-0.1, -0.05) is 39.5 Å². The number of hydrogen-bond acceptors (Lipinski definition) is 3. The highest BCUT2D eigenvalue weighted by Crippen LogP contribution is 2.21. The Bertz CT molecular complexity index is 661. The highest BCUT2D eigenvalue weighted by molar-refractivity contribution is 5.81.